The van der Waals surface area contributed by atoms with Gasteiger partial charge in [-0.25, -0.2) is 4.68 Å². The Hall–Kier alpha value is -4.66. The van der Waals surface area contributed by atoms with Crippen LogP contribution < -0.4 is 21.3 Å². The average molecular weight is 639 g/mol. The molecule has 230 valence electrons. The van der Waals surface area contributed by atoms with Gasteiger partial charge in [0.2, 0.25) is 0 Å². The van der Waals surface area contributed by atoms with Gasteiger partial charge in [0.1, 0.15) is 23.1 Å². The van der Waals surface area contributed by atoms with Gasteiger partial charge in [-0.2, -0.15) is 5.26 Å². The summed E-state index contributed by atoms with van der Waals surface area (Å²) < 4.78 is 5.05. The predicted octanol–water partition coefficient (Wildman–Crippen LogP) is 5.69. The highest BCUT2D eigenvalue weighted by Crippen LogP contribution is 2.38. The minimum absolute atomic E-state index is 0.0334. The van der Waals surface area contributed by atoms with Gasteiger partial charge in [-0.15, -0.1) is 0 Å². The Morgan fingerprint density at radius 1 is 1.00 bits per heavy atom. The molecule has 0 radical (unpaired) electrons. The molecule has 3 heterocycles. The third-order valence-electron chi connectivity index (χ3n) is 7.98. The maximum Gasteiger partial charge on any atom is 0.296 e. The Labute approximate surface area is 271 Å². The molecule has 0 bridgehead atoms. The van der Waals surface area contributed by atoms with Crippen LogP contribution >= 0.6 is 24.0 Å². The normalized spacial score (nSPS) is 13.9. The van der Waals surface area contributed by atoms with Crippen LogP contribution in [0.25, 0.3) is 11.8 Å². The van der Waals surface area contributed by atoms with Gasteiger partial charge >= 0.3 is 0 Å². The second kappa shape index (κ2) is 13.5. The van der Waals surface area contributed by atoms with Crippen LogP contribution in [0.3, 0.4) is 0 Å². The van der Waals surface area contributed by atoms with Gasteiger partial charge in [-0.3, -0.25) is 28.5 Å². The van der Waals surface area contributed by atoms with Crippen molar-refractivity contribution >= 4 is 51.8 Å². The Morgan fingerprint density at radius 3 is 2.31 bits per heavy atom. The lowest BCUT2D eigenvalue weighted by atomic mass is 10.0. The van der Waals surface area contributed by atoms with Crippen LogP contribution in [0.4, 0.5) is 11.5 Å². The zero-order valence-corrected chi connectivity index (χ0v) is 27.3. The highest BCUT2D eigenvalue weighted by atomic mass is 32.2. The van der Waals surface area contributed by atoms with E-state index in [9.17, 15) is 19.6 Å². The Balaban J connectivity index is 1.59. The van der Waals surface area contributed by atoms with Crippen molar-refractivity contribution in [2.45, 2.75) is 46.6 Å². The van der Waals surface area contributed by atoms with E-state index in [4.69, 9.17) is 12.2 Å². The molecule has 0 atom stereocenters. The van der Waals surface area contributed by atoms with Crippen molar-refractivity contribution < 1.29 is 4.79 Å². The highest BCUT2D eigenvalue weighted by Gasteiger charge is 2.38. The number of pyridine rings is 1. The minimum atomic E-state index is -0.435. The summed E-state index contributed by atoms with van der Waals surface area (Å²) in [5.74, 6) is 0.115. The lowest BCUT2D eigenvalue weighted by Crippen LogP contribution is -2.33. The van der Waals surface area contributed by atoms with Crippen molar-refractivity contribution in [2.24, 2.45) is 7.05 Å². The summed E-state index contributed by atoms with van der Waals surface area (Å²) in [6.45, 7) is 6.49. The summed E-state index contributed by atoms with van der Waals surface area (Å²) in [5, 5.41) is 13.4. The maximum atomic E-state index is 14.0. The van der Waals surface area contributed by atoms with E-state index in [2.05, 4.69) is 11.4 Å². The topological polar surface area (TPSA) is 105 Å². The van der Waals surface area contributed by atoms with Crippen LogP contribution in [0.5, 0.6) is 0 Å². The Bertz CT molecular complexity index is 1970. The number of thioether (sulfide) groups is 1. The van der Waals surface area contributed by atoms with Crippen LogP contribution in [0.2, 0.25) is 0 Å². The number of rotatable bonds is 10. The number of nitriles is 1. The quantitative estimate of drug-likeness (QED) is 0.176. The van der Waals surface area contributed by atoms with Gasteiger partial charge in [0.25, 0.3) is 17.0 Å². The highest BCUT2D eigenvalue weighted by molar-refractivity contribution is 8.27. The third-order valence-corrected chi connectivity index (χ3v) is 9.28. The standard InChI is InChI=1S/C34H34N6O3S2/c1-5-6-19-38-30(36-18-17-24-13-9-7-10-14-24)26(22(2)27(21-35)31(38)41)20-28-32(42)39(34(44)45-28)29-23(3)37(4)40(33(29)43)25-15-11-8-12-16-25/h7-16,20,36H,5-6,17-19H2,1-4H3/b28-20+. The lowest BCUT2D eigenvalue weighted by molar-refractivity contribution is -0.113. The van der Waals surface area contributed by atoms with E-state index < -0.39 is 5.91 Å². The Morgan fingerprint density at radius 2 is 1.67 bits per heavy atom. The predicted molar refractivity (Wildman–Crippen MR) is 185 cm³/mol. The van der Waals surface area contributed by atoms with E-state index >= 15 is 0 Å². The minimum Gasteiger partial charge on any atom is -0.371 e. The van der Waals surface area contributed by atoms with E-state index in [-0.39, 0.29) is 26.7 Å². The van der Waals surface area contributed by atoms with E-state index in [1.165, 1.54) is 9.58 Å². The zero-order chi connectivity index (χ0) is 32.2. The number of thiocarbonyl (C=S) groups is 1. The number of unbranched alkanes of at least 4 members (excludes halogenated alkanes) is 1. The molecule has 0 aliphatic carbocycles. The Kier molecular flexibility index (Phi) is 9.56. The van der Waals surface area contributed by atoms with Gasteiger partial charge < -0.3 is 5.32 Å². The number of benzene rings is 2. The fourth-order valence-electron chi connectivity index (χ4n) is 5.46. The van der Waals surface area contributed by atoms with Crippen molar-refractivity contribution in [2.75, 3.05) is 16.8 Å². The molecule has 1 aliphatic heterocycles. The van der Waals surface area contributed by atoms with Crippen molar-refractivity contribution in [3.8, 4) is 11.8 Å². The molecule has 1 N–H and O–H groups in total. The fraction of sp³-hybridized carbons (Fsp3) is 0.265. The molecule has 1 aliphatic rings. The smallest absolute Gasteiger partial charge is 0.296 e. The zero-order valence-electron chi connectivity index (χ0n) is 25.7. The monoisotopic (exact) mass is 638 g/mol. The number of carbonyl (C=O) groups excluding carboxylic acids is 1. The molecule has 1 amide bonds. The first-order chi connectivity index (χ1) is 21.7. The largest absolute Gasteiger partial charge is 0.371 e. The number of nitrogens with one attached hydrogen (secondary N) is 1. The number of anilines is 2. The lowest BCUT2D eigenvalue weighted by Gasteiger charge is -2.20. The first-order valence-corrected chi connectivity index (χ1v) is 16.0. The van der Waals surface area contributed by atoms with Crippen molar-refractivity contribution in [1.82, 2.24) is 13.9 Å². The summed E-state index contributed by atoms with van der Waals surface area (Å²) >= 11 is 6.76. The molecule has 2 aromatic heterocycles. The molecule has 9 nitrogen and oxygen atoms in total. The molecule has 0 spiro atoms. The first-order valence-electron chi connectivity index (χ1n) is 14.8. The molecule has 1 fully saturated rings. The summed E-state index contributed by atoms with van der Waals surface area (Å²) in [4.78, 5) is 42.8. The van der Waals surface area contributed by atoms with Gasteiger partial charge in [0, 0.05) is 25.7 Å². The van der Waals surface area contributed by atoms with Crippen molar-refractivity contribution in [3.05, 3.63) is 114 Å². The molecule has 0 unspecified atom stereocenters. The van der Waals surface area contributed by atoms with E-state index in [1.54, 1.807) is 36.2 Å². The van der Waals surface area contributed by atoms with Gasteiger partial charge in [-0.1, -0.05) is 85.9 Å². The number of para-hydroxylation sites is 1. The molecule has 1 saturated heterocycles. The van der Waals surface area contributed by atoms with E-state index in [0.29, 0.717) is 52.7 Å². The van der Waals surface area contributed by atoms with Crippen LogP contribution in [-0.2, 0) is 24.8 Å². The number of hydrogen-bond donors (Lipinski definition) is 1. The molecule has 5 rings (SSSR count). The van der Waals surface area contributed by atoms with Crippen LogP contribution in [0, 0.1) is 25.2 Å². The summed E-state index contributed by atoms with van der Waals surface area (Å²) in [6, 6.07) is 21.3. The maximum absolute atomic E-state index is 14.0. The van der Waals surface area contributed by atoms with E-state index in [1.807, 2.05) is 67.6 Å². The molecule has 4 aromatic rings. The third kappa shape index (κ3) is 6.03. The van der Waals surface area contributed by atoms with Crippen LogP contribution in [0.1, 0.15) is 47.7 Å². The number of hydrogen-bond acceptors (Lipinski definition) is 7. The number of aromatic nitrogens is 3. The van der Waals surface area contributed by atoms with Crippen molar-refractivity contribution in [3.63, 3.8) is 0 Å². The van der Waals surface area contributed by atoms with Gasteiger partial charge in [0.15, 0.2) is 4.32 Å². The van der Waals surface area contributed by atoms with E-state index in [0.717, 1.165) is 30.2 Å². The number of amides is 1. The summed E-state index contributed by atoms with van der Waals surface area (Å²) in [5.41, 5.74) is 2.94. The van der Waals surface area contributed by atoms with Crippen LogP contribution in [-0.4, -0.2) is 30.7 Å². The SMILES string of the molecule is CCCCn1c(NCCc2ccccc2)c(/C=C2/SC(=S)N(c3c(C)n(C)n(-c4ccccc4)c3=O)C2=O)c(C)c(C#N)c1=O. The molecule has 11 heteroatoms. The molecule has 0 saturated carbocycles. The molecular weight excluding hydrogens is 605 g/mol. The molecular formula is C34H34N6O3S2. The van der Waals surface area contributed by atoms with Crippen molar-refractivity contribution in [1.29, 1.82) is 5.26 Å². The van der Waals surface area contributed by atoms with Gasteiger partial charge in [-0.05, 0) is 56.0 Å². The van der Waals surface area contributed by atoms with Crippen LogP contribution in [0.15, 0.2) is 75.2 Å². The molecule has 2 aromatic carbocycles. The molecule has 45 heavy (non-hydrogen) atoms. The fourth-order valence-corrected chi connectivity index (χ4v) is 6.71. The van der Waals surface area contributed by atoms with Gasteiger partial charge in [0.05, 0.1) is 16.3 Å². The summed E-state index contributed by atoms with van der Waals surface area (Å²) in [7, 11) is 1.76. The number of nitrogens with zero attached hydrogens (tertiary/aromatic N) is 5. The average Bonchev–Trinajstić information content (AvgIpc) is 3.43. The second-order valence-corrected chi connectivity index (χ2v) is 12.4. The number of carbonyl (C=O) groups is 1. The second-order valence-electron chi connectivity index (χ2n) is 10.8. The first kappa shape index (κ1) is 31.8. The summed E-state index contributed by atoms with van der Waals surface area (Å²) in [6.07, 6.45) is 4.00.